The first-order chi connectivity index (χ1) is 12.1. The molecule has 3 rings (SSSR count). The van der Waals surface area contributed by atoms with Gasteiger partial charge < -0.3 is 19.9 Å². The molecule has 2 heterocycles. The number of hydrogen-bond acceptors (Lipinski definition) is 3. The lowest BCUT2D eigenvalue weighted by Crippen LogP contribution is -2.49. The minimum absolute atomic E-state index is 0.0236. The number of hydrogen-bond donors (Lipinski definition) is 1. The van der Waals surface area contributed by atoms with Crippen LogP contribution in [0.5, 0.6) is 0 Å². The summed E-state index contributed by atoms with van der Waals surface area (Å²) < 4.78 is 5.84. The molecule has 0 saturated carbocycles. The van der Waals surface area contributed by atoms with Crippen molar-refractivity contribution in [2.75, 3.05) is 45.9 Å². The van der Waals surface area contributed by atoms with E-state index in [9.17, 15) is 4.79 Å². The molecule has 25 heavy (non-hydrogen) atoms. The van der Waals surface area contributed by atoms with Crippen molar-refractivity contribution in [3.63, 3.8) is 0 Å². The Morgan fingerprint density at radius 1 is 1.16 bits per heavy atom. The summed E-state index contributed by atoms with van der Waals surface area (Å²) in [4.78, 5) is 16.8. The lowest BCUT2D eigenvalue weighted by molar-refractivity contribution is -0.0155. The molecule has 1 aromatic carbocycles. The van der Waals surface area contributed by atoms with Gasteiger partial charge in [-0.1, -0.05) is 44.2 Å². The van der Waals surface area contributed by atoms with E-state index in [0.29, 0.717) is 26.2 Å². The van der Waals surface area contributed by atoms with Gasteiger partial charge in [0.25, 0.3) is 0 Å². The quantitative estimate of drug-likeness (QED) is 0.913. The highest BCUT2D eigenvalue weighted by Crippen LogP contribution is 2.22. The van der Waals surface area contributed by atoms with Crippen molar-refractivity contribution in [3.05, 3.63) is 35.9 Å². The monoisotopic (exact) mass is 345 g/mol. The Bertz CT molecular complexity index is 541. The summed E-state index contributed by atoms with van der Waals surface area (Å²) in [5.41, 5.74) is 1.14. The molecule has 3 atom stereocenters. The smallest absolute Gasteiger partial charge is 0.317 e. The van der Waals surface area contributed by atoms with Crippen LogP contribution in [0, 0.1) is 11.8 Å². The van der Waals surface area contributed by atoms with Crippen molar-refractivity contribution in [2.24, 2.45) is 11.8 Å². The lowest BCUT2D eigenvalue weighted by Gasteiger charge is -2.35. The van der Waals surface area contributed by atoms with Crippen molar-refractivity contribution in [1.82, 2.24) is 15.1 Å². The van der Waals surface area contributed by atoms with Crippen LogP contribution in [0.4, 0.5) is 4.79 Å². The van der Waals surface area contributed by atoms with Gasteiger partial charge in [-0.2, -0.15) is 0 Å². The highest BCUT2D eigenvalue weighted by Gasteiger charge is 2.26. The number of benzene rings is 1. The average molecular weight is 345 g/mol. The number of nitrogens with zero attached hydrogens (tertiary/aromatic N) is 2. The maximum Gasteiger partial charge on any atom is 0.317 e. The lowest BCUT2D eigenvalue weighted by atomic mass is 9.92. The van der Waals surface area contributed by atoms with Gasteiger partial charge >= 0.3 is 6.03 Å². The van der Waals surface area contributed by atoms with Gasteiger partial charge in [-0.25, -0.2) is 4.79 Å². The van der Waals surface area contributed by atoms with Crippen LogP contribution in [0.1, 0.15) is 31.9 Å². The Kier molecular flexibility index (Phi) is 6.32. The Morgan fingerprint density at radius 3 is 2.60 bits per heavy atom. The fourth-order valence-corrected chi connectivity index (χ4v) is 4.11. The SMILES string of the molecule is C[C@@H]1C[C@H](C)CN(CCNC(=O)N2CCO[C@H](c3ccccc3)C2)C1. The van der Waals surface area contributed by atoms with E-state index < -0.39 is 0 Å². The highest BCUT2D eigenvalue weighted by atomic mass is 16.5. The molecular formula is C20H31N3O2. The summed E-state index contributed by atoms with van der Waals surface area (Å²) in [6.07, 6.45) is 1.29. The Balaban J connectivity index is 1.43. The minimum Gasteiger partial charge on any atom is -0.370 e. The molecule has 0 unspecified atom stereocenters. The molecule has 5 nitrogen and oxygen atoms in total. The van der Waals surface area contributed by atoms with Gasteiger partial charge in [0, 0.05) is 32.7 Å². The number of rotatable bonds is 4. The Morgan fingerprint density at radius 2 is 1.88 bits per heavy atom. The van der Waals surface area contributed by atoms with Gasteiger partial charge in [0.1, 0.15) is 6.10 Å². The predicted octanol–water partition coefficient (Wildman–Crippen LogP) is 2.75. The Labute approximate surface area is 151 Å². The maximum absolute atomic E-state index is 12.5. The second kappa shape index (κ2) is 8.68. The van der Waals surface area contributed by atoms with Crippen LogP contribution in [0.25, 0.3) is 0 Å². The standard InChI is InChI=1S/C20H31N3O2/c1-16-12-17(2)14-22(13-16)9-8-21-20(24)23-10-11-25-19(15-23)18-6-4-3-5-7-18/h3-7,16-17,19H,8-15H2,1-2H3,(H,21,24)/t16-,17+,19-/m0/s1. The van der Waals surface area contributed by atoms with Gasteiger partial charge in [0.15, 0.2) is 0 Å². The number of amides is 2. The van der Waals surface area contributed by atoms with Crippen LogP contribution in [-0.4, -0.2) is 61.7 Å². The molecule has 0 aliphatic carbocycles. The van der Waals surface area contributed by atoms with Crippen molar-refractivity contribution in [3.8, 4) is 0 Å². The number of ether oxygens (including phenoxy) is 1. The van der Waals surface area contributed by atoms with Crippen LogP contribution < -0.4 is 5.32 Å². The van der Waals surface area contributed by atoms with Crippen molar-refractivity contribution < 1.29 is 9.53 Å². The molecule has 2 aliphatic heterocycles. The topological polar surface area (TPSA) is 44.8 Å². The second-order valence-corrected chi connectivity index (χ2v) is 7.65. The zero-order valence-electron chi connectivity index (χ0n) is 15.5. The maximum atomic E-state index is 12.5. The molecule has 1 N–H and O–H groups in total. The van der Waals surface area contributed by atoms with Gasteiger partial charge in [-0.05, 0) is 23.8 Å². The van der Waals surface area contributed by atoms with Crippen molar-refractivity contribution >= 4 is 6.03 Å². The van der Waals surface area contributed by atoms with E-state index in [4.69, 9.17) is 4.74 Å². The number of carbonyl (C=O) groups is 1. The minimum atomic E-state index is -0.0236. The molecule has 0 bridgehead atoms. The van der Waals surface area contributed by atoms with E-state index in [0.717, 1.165) is 37.0 Å². The number of morpholine rings is 1. The van der Waals surface area contributed by atoms with Crippen LogP contribution in [-0.2, 0) is 4.74 Å². The summed E-state index contributed by atoms with van der Waals surface area (Å²) >= 11 is 0. The third-order valence-electron chi connectivity index (χ3n) is 5.17. The van der Waals surface area contributed by atoms with E-state index >= 15 is 0 Å². The van der Waals surface area contributed by atoms with Crippen LogP contribution in [0.15, 0.2) is 30.3 Å². The fourth-order valence-electron chi connectivity index (χ4n) is 4.11. The van der Waals surface area contributed by atoms with E-state index in [-0.39, 0.29) is 12.1 Å². The molecule has 2 aliphatic rings. The third kappa shape index (κ3) is 5.19. The number of piperidine rings is 1. The van der Waals surface area contributed by atoms with Gasteiger partial charge in [-0.15, -0.1) is 0 Å². The largest absolute Gasteiger partial charge is 0.370 e. The number of carbonyl (C=O) groups excluding carboxylic acids is 1. The van der Waals surface area contributed by atoms with Gasteiger partial charge in [-0.3, -0.25) is 0 Å². The van der Waals surface area contributed by atoms with Gasteiger partial charge in [0.05, 0.1) is 13.2 Å². The summed E-state index contributed by atoms with van der Waals surface area (Å²) in [7, 11) is 0. The molecule has 2 amide bonds. The first-order valence-corrected chi connectivity index (χ1v) is 9.53. The fraction of sp³-hybridized carbons (Fsp3) is 0.650. The molecule has 0 spiro atoms. The average Bonchev–Trinajstić information content (AvgIpc) is 2.62. The van der Waals surface area contributed by atoms with Crippen LogP contribution in [0.2, 0.25) is 0 Å². The number of urea groups is 1. The van der Waals surface area contributed by atoms with E-state index in [2.05, 4.69) is 36.2 Å². The molecular weight excluding hydrogens is 314 g/mol. The molecule has 0 aromatic heterocycles. The van der Waals surface area contributed by atoms with E-state index in [1.54, 1.807) is 0 Å². The van der Waals surface area contributed by atoms with E-state index in [1.807, 2.05) is 23.1 Å². The molecule has 138 valence electrons. The molecule has 2 fully saturated rings. The first-order valence-electron chi connectivity index (χ1n) is 9.53. The zero-order valence-corrected chi connectivity index (χ0v) is 15.5. The van der Waals surface area contributed by atoms with Crippen LogP contribution in [0.3, 0.4) is 0 Å². The molecule has 0 radical (unpaired) electrons. The Hall–Kier alpha value is -1.59. The highest BCUT2D eigenvalue weighted by molar-refractivity contribution is 5.74. The van der Waals surface area contributed by atoms with E-state index in [1.165, 1.54) is 6.42 Å². The molecule has 1 aromatic rings. The number of likely N-dealkylation sites (tertiary alicyclic amines) is 1. The van der Waals surface area contributed by atoms with Crippen LogP contribution >= 0.6 is 0 Å². The summed E-state index contributed by atoms with van der Waals surface area (Å²) in [6.45, 7) is 10.5. The third-order valence-corrected chi connectivity index (χ3v) is 5.17. The summed E-state index contributed by atoms with van der Waals surface area (Å²) in [5.74, 6) is 1.51. The first kappa shape index (κ1) is 18.2. The zero-order chi connectivity index (χ0) is 17.6. The van der Waals surface area contributed by atoms with Crippen molar-refractivity contribution in [2.45, 2.75) is 26.4 Å². The summed E-state index contributed by atoms with van der Waals surface area (Å²) in [6, 6.07) is 10.2. The van der Waals surface area contributed by atoms with Crippen molar-refractivity contribution in [1.29, 1.82) is 0 Å². The number of nitrogens with one attached hydrogen (secondary N) is 1. The molecule has 5 heteroatoms. The predicted molar refractivity (Wildman–Crippen MR) is 99.5 cm³/mol. The molecule has 2 saturated heterocycles. The van der Waals surface area contributed by atoms with Gasteiger partial charge in [0.2, 0.25) is 0 Å². The normalized spacial score (nSPS) is 27.9. The second-order valence-electron chi connectivity index (χ2n) is 7.65. The summed E-state index contributed by atoms with van der Waals surface area (Å²) in [5, 5.41) is 3.09.